The lowest BCUT2D eigenvalue weighted by atomic mass is 9.98. The Morgan fingerprint density at radius 2 is 1.28 bits per heavy atom. The van der Waals surface area contributed by atoms with E-state index in [-0.39, 0.29) is 0 Å². The number of rotatable bonds is 9. The van der Waals surface area contributed by atoms with E-state index in [2.05, 4.69) is 6.92 Å². The van der Waals surface area contributed by atoms with Crippen molar-refractivity contribution in [2.24, 2.45) is 0 Å². The Morgan fingerprint density at radius 3 is 1.90 bits per heavy atom. The number of ether oxygens (including phenoxy) is 1. The van der Waals surface area contributed by atoms with E-state index in [0.29, 0.717) is 23.1 Å². The number of hydrogen-bond acceptors (Lipinski definition) is 1. The van der Waals surface area contributed by atoms with Crippen molar-refractivity contribution in [2.75, 3.05) is 6.61 Å². The smallest absolute Gasteiger partial charge is 0.166 e. The van der Waals surface area contributed by atoms with Crippen LogP contribution in [0, 0.1) is 11.6 Å². The number of unbranched alkanes of at least 4 members (excludes halogenated alkanes) is 2. The quantitative estimate of drug-likeness (QED) is 0.336. The Morgan fingerprint density at radius 1 is 0.655 bits per heavy atom. The number of aryl methyl sites for hydroxylation is 1. The first-order valence-corrected chi connectivity index (χ1v) is 10.4. The molecule has 29 heavy (non-hydrogen) atoms. The monoisotopic (exact) mass is 394 g/mol. The van der Waals surface area contributed by atoms with Gasteiger partial charge >= 0.3 is 0 Å². The van der Waals surface area contributed by atoms with E-state index in [9.17, 15) is 8.78 Å². The summed E-state index contributed by atoms with van der Waals surface area (Å²) < 4.78 is 34.5. The molecule has 0 aliphatic heterocycles. The van der Waals surface area contributed by atoms with Crippen LogP contribution < -0.4 is 4.74 Å². The molecule has 0 saturated carbocycles. The third-order valence-corrected chi connectivity index (χ3v) is 5.08. The first-order valence-electron chi connectivity index (χ1n) is 10.4. The molecule has 0 aromatic heterocycles. The summed E-state index contributed by atoms with van der Waals surface area (Å²) in [5.74, 6) is -0.637. The summed E-state index contributed by atoms with van der Waals surface area (Å²) in [6.45, 7) is 4.86. The fourth-order valence-corrected chi connectivity index (χ4v) is 3.40. The van der Waals surface area contributed by atoms with Gasteiger partial charge < -0.3 is 4.74 Å². The second-order valence-corrected chi connectivity index (χ2v) is 7.31. The summed E-state index contributed by atoms with van der Waals surface area (Å²) in [4.78, 5) is 0. The summed E-state index contributed by atoms with van der Waals surface area (Å²) >= 11 is 0. The van der Waals surface area contributed by atoms with Gasteiger partial charge in [-0.2, -0.15) is 0 Å². The van der Waals surface area contributed by atoms with Gasteiger partial charge in [-0.3, -0.25) is 0 Å². The highest BCUT2D eigenvalue weighted by atomic mass is 19.2. The molecule has 0 amide bonds. The Bertz CT molecular complexity index is 915. The van der Waals surface area contributed by atoms with Crippen LogP contribution in [0.5, 0.6) is 5.75 Å². The molecule has 0 spiro atoms. The third-order valence-electron chi connectivity index (χ3n) is 5.08. The molecule has 0 aliphatic rings. The van der Waals surface area contributed by atoms with Crippen molar-refractivity contribution >= 4 is 0 Å². The van der Waals surface area contributed by atoms with Gasteiger partial charge in [-0.1, -0.05) is 81.6 Å². The fraction of sp³-hybridized carbons (Fsp3) is 0.308. The molecule has 3 aromatic carbocycles. The van der Waals surface area contributed by atoms with Crippen molar-refractivity contribution in [3.63, 3.8) is 0 Å². The predicted octanol–water partition coefficient (Wildman–Crippen LogP) is 7.82. The molecule has 0 radical (unpaired) electrons. The maximum atomic E-state index is 14.5. The normalized spacial score (nSPS) is 10.9. The van der Waals surface area contributed by atoms with Crippen LogP contribution in [0.15, 0.2) is 60.7 Å². The highest BCUT2D eigenvalue weighted by Gasteiger charge is 2.14. The summed E-state index contributed by atoms with van der Waals surface area (Å²) in [6, 6.07) is 18.9. The van der Waals surface area contributed by atoms with Gasteiger partial charge in [0.05, 0.1) is 6.61 Å². The Kier molecular flexibility index (Phi) is 7.40. The van der Waals surface area contributed by atoms with Crippen LogP contribution in [-0.2, 0) is 6.42 Å². The molecular weight excluding hydrogens is 366 g/mol. The number of halogens is 2. The van der Waals surface area contributed by atoms with Crippen LogP contribution in [0.2, 0.25) is 0 Å². The fourth-order valence-electron chi connectivity index (χ4n) is 3.40. The zero-order chi connectivity index (χ0) is 20.6. The van der Waals surface area contributed by atoms with E-state index in [1.54, 1.807) is 12.1 Å². The molecule has 3 aromatic rings. The van der Waals surface area contributed by atoms with E-state index >= 15 is 0 Å². The highest BCUT2D eigenvalue weighted by molar-refractivity contribution is 5.71. The van der Waals surface area contributed by atoms with Gasteiger partial charge in [-0.05, 0) is 47.2 Å². The van der Waals surface area contributed by atoms with Gasteiger partial charge in [0, 0.05) is 5.56 Å². The van der Waals surface area contributed by atoms with Crippen LogP contribution >= 0.6 is 0 Å². The molecule has 3 heteroatoms. The minimum Gasteiger partial charge on any atom is -0.494 e. The average Bonchev–Trinajstić information content (AvgIpc) is 2.75. The lowest BCUT2D eigenvalue weighted by Gasteiger charge is -2.10. The molecular formula is C26H28F2O. The Hall–Kier alpha value is -2.68. The van der Waals surface area contributed by atoms with Crippen molar-refractivity contribution < 1.29 is 13.5 Å². The van der Waals surface area contributed by atoms with E-state index in [4.69, 9.17) is 4.74 Å². The summed E-state index contributed by atoms with van der Waals surface area (Å²) in [7, 11) is 0. The number of hydrogen-bond donors (Lipinski definition) is 0. The Balaban J connectivity index is 1.73. The van der Waals surface area contributed by atoms with Crippen LogP contribution in [0.4, 0.5) is 8.78 Å². The van der Waals surface area contributed by atoms with Crippen molar-refractivity contribution in [2.45, 2.75) is 46.0 Å². The maximum absolute atomic E-state index is 14.5. The van der Waals surface area contributed by atoms with E-state index in [1.807, 2.05) is 55.5 Å². The van der Waals surface area contributed by atoms with Crippen molar-refractivity contribution in [1.82, 2.24) is 0 Å². The molecule has 1 nitrogen and oxygen atoms in total. The maximum Gasteiger partial charge on any atom is 0.166 e. The van der Waals surface area contributed by atoms with E-state index in [1.165, 1.54) is 12.8 Å². The van der Waals surface area contributed by atoms with Gasteiger partial charge in [0.15, 0.2) is 11.6 Å². The average molecular weight is 395 g/mol. The van der Waals surface area contributed by atoms with Crippen LogP contribution in [0.3, 0.4) is 0 Å². The molecule has 0 N–H and O–H groups in total. The van der Waals surface area contributed by atoms with Crippen LogP contribution in [-0.4, -0.2) is 6.61 Å². The minimum atomic E-state index is -0.770. The molecule has 152 valence electrons. The molecule has 0 saturated heterocycles. The van der Waals surface area contributed by atoms with Crippen molar-refractivity contribution in [3.8, 4) is 28.0 Å². The summed E-state index contributed by atoms with van der Waals surface area (Å²) in [5.41, 5.74) is 3.48. The van der Waals surface area contributed by atoms with Crippen molar-refractivity contribution in [1.29, 1.82) is 0 Å². The predicted molar refractivity (Wildman–Crippen MR) is 116 cm³/mol. The molecule has 0 fully saturated rings. The standard InChI is InChI=1S/C26H28F2O/c1-3-5-6-18-29-23-15-12-20(13-16-23)19-8-10-21(11-9-19)24-17-14-22(7-4-2)25(27)26(24)28/h8-17H,3-7,18H2,1-2H3. The zero-order valence-electron chi connectivity index (χ0n) is 17.2. The molecule has 0 atom stereocenters. The second kappa shape index (κ2) is 10.2. The van der Waals surface area contributed by atoms with Crippen LogP contribution in [0.1, 0.15) is 45.1 Å². The Labute approximate surface area is 172 Å². The molecule has 3 rings (SSSR count). The summed E-state index contributed by atoms with van der Waals surface area (Å²) in [6.07, 6.45) is 4.75. The van der Waals surface area contributed by atoms with E-state index in [0.717, 1.165) is 36.3 Å². The van der Waals surface area contributed by atoms with E-state index < -0.39 is 11.6 Å². The SMILES string of the molecule is CCCCCOc1ccc(-c2ccc(-c3ccc(CCC)c(F)c3F)cc2)cc1. The number of benzene rings is 3. The highest BCUT2D eigenvalue weighted by Crippen LogP contribution is 2.30. The van der Waals surface area contributed by atoms with Gasteiger partial charge in [0.2, 0.25) is 0 Å². The largest absolute Gasteiger partial charge is 0.494 e. The summed E-state index contributed by atoms with van der Waals surface area (Å²) in [5, 5.41) is 0. The van der Waals surface area contributed by atoms with Crippen molar-refractivity contribution in [3.05, 3.63) is 77.9 Å². The molecule has 0 aliphatic carbocycles. The van der Waals surface area contributed by atoms with Gasteiger partial charge in [0.25, 0.3) is 0 Å². The first kappa shape index (κ1) is 21.0. The third kappa shape index (κ3) is 5.23. The first-order chi connectivity index (χ1) is 14.1. The minimum absolute atomic E-state index is 0.296. The van der Waals surface area contributed by atoms with Gasteiger partial charge in [0.1, 0.15) is 5.75 Å². The zero-order valence-corrected chi connectivity index (χ0v) is 17.2. The van der Waals surface area contributed by atoms with Gasteiger partial charge in [-0.15, -0.1) is 0 Å². The van der Waals surface area contributed by atoms with Crippen LogP contribution in [0.25, 0.3) is 22.3 Å². The topological polar surface area (TPSA) is 9.23 Å². The second-order valence-electron chi connectivity index (χ2n) is 7.31. The molecule has 0 heterocycles. The van der Waals surface area contributed by atoms with Gasteiger partial charge in [-0.25, -0.2) is 8.78 Å². The lowest BCUT2D eigenvalue weighted by molar-refractivity contribution is 0.306. The molecule has 0 unspecified atom stereocenters. The molecule has 0 bridgehead atoms. The lowest BCUT2D eigenvalue weighted by Crippen LogP contribution is -1.97.